The van der Waals surface area contributed by atoms with Crippen LogP contribution in [0.4, 0.5) is 0 Å². The van der Waals surface area contributed by atoms with Gasteiger partial charge in [0, 0.05) is 38.6 Å². The molecular weight excluding hydrogens is 705 g/mol. The summed E-state index contributed by atoms with van der Waals surface area (Å²) in [4.78, 5) is 15.1. The molecule has 58 heavy (non-hydrogen) atoms. The Morgan fingerprint density at radius 2 is 1.10 bits per heavy atom. The fraction of sp³-hybridized carbons (Fsp3) is 0.0926. The van der Waals surface area contributed by atoms with E-state index in [2.05, 4.69) is 188 Å². The van der Waals surface area contributed by atoms with Gasteiger partial charge in [0.05, 0.1) is 11.0 Å². The third-order valence-corrected chi connectivity index (χ3v) is 12.3. The lowest BCUT2D eigenvalue weighted by Crippen LogP contribution is -2.22. The molecule has 0 radical (unpaired) electrons. The average molecular weight is 745 g/mol. The lowest BCUT2D eigenvalue weighted by Gasteiger charge is -2.28. The van der Waals surface area contributed by atoms with Crippen LogP contribution in [0.1, 0.15) is 42.5 Å². The molecule has 0 N–H and O–H groups in total. The number of allylic oxidation sites excluding steroid dienone is 4. The van der Waals surface area contributed by atoms with Gasteiger partial charge in [-0.25, -0.2) is 15.0 Å². The van der Waals surface area contributed by atoms with Crippen molar-refractivity contribution in [2.75, 3.05) is 0 Å². The lowest BCUT2D eigenvalue weighted by atomic mass is 9.74. The van der Waals surface area contributed by atoms with E-state index in [0.29, 0.717) is 23.4 Å². The molecule has 2 atom stereocenters. The highest BCUT2D eigenvalue weighted by Crippen LogP contribution is 2.54. The Kier molecular flexibility index (Phi) is 7.94. The summed E-state index contributed by atoms with van der Waals surface area (Å²) in [6.45, 7) is 4.64. The monoisotopic (exact) mass is 744 g/mol. The molecule has 11 rings (SSSR count). The van der Waals surface area contributed by atoms with Gasteiger partial charge in [-0.3, -0.25) is 0 Å². The molecule has 0 bridgehead atoms. The van der Waals surface area contributed by atoms with Gasteiger partial charge in [-0.15, -0.1) is 0 Å². The van der Waals surface area contributed by atoms with Gasteiger partial charge in [-0.05, 0) is 101 Å². The SMILES string of the molecule is CC1C=CC=C(c2ccc(-c3nc(-c4ccccc4)nc(-c4ccc(-n5c6ccccc6c6cc7c(cc65)-c5ccccc5C7(C)c5ccccc5)cc4)n3)cc2)C1. The molecule has 2 aliphatic rings. The molecule has 4 nitrogen and oxygen atoms in total. The summed E-state index contributed by atoms with van der Waals surface area (Å²) < 4.78 is 2.41. The van der Waals surface area contributed by atoms with Gasteiger partial charge in [0.2, 0.25) is 0 Å². The largest absolute Gasteiger partial charge is 0.309 e. The Morgan fingerprint density at radius 1 is 0.517 bits per heavy atom. The second-order valence-electron chi connectivity index (χ2n) is 15.9. The summed E-state index contributed by atoms with van der Waals surface area (Å²) in [5, 5.41) is 2.49. The first kappa shape index (κ1) is 34.1. The molecule has 2 aliphatic carbocycles. The van der Waals surface area contributed by atoms with Crippen molar-refractivity contribution < 1.29 is 0 Å². The standard InChI is InChI=1S/C54H40N4/c1-35-14-13-17-40(32-35)36-24-26-38(27-25-36)52-55-51(37-15-5-3-6-16-37)56-53(57-52)39-28-30-42(31-29-39)58-49-23-12-10-21-44(49)46-33-48-45(34-50(46)58)43-20-9-11-22-47(43)54(48,2)41-18-7-4-8-19-41/h3-31,33-35H,32H2,1-2H3. The van der Waals surface area contributed by atoms with E-state index in [9.17, 15) is 0 Å². The first-order valence-electron chi connectivity index (χ1n) is 20.2. The fourth-order valence-corrected chi connectivity index (χ4v) is 9.31. The van der Waals surface area contributed by atoms with Crippen molar-refractivity contribution in [1.82, 2.24) is 19.5 Å². The second kappa shape index (κ2) is 13.5. The maximum absolute atomic E-state index is 5.09. The summed E-state index contributed by atoms with van der Waals surface area (Å²) >= 11 is 0. The van der Waals surface area contributed by atoms with E-state index in [4.69, 9.17) is 15.0 Å². The number of hydrogen-bond donors (Lipinski definition) is 0. The Hall–Kier alpha value is -7.17. The number of fused-ring (bicyclic) bond motifs is 6. The van der Waals surface area contributed by atoms with Crippen molar-refractivity contribution in [3.05, 3.63) is 210 Å². The van der Waals surface area contributed by atoms with E-state index in [1.165, 1.54) is 60.8 Å². The first-order valence-corrected chi connectivity index (χ1v) is 20.2. The number of hydrogen-bond acceptors (Lipinski definition) is 3. The van der Waals surface area contributed by atoms with E-state index < -0.39 is 0 Å². The summed E-state index contributed by atoms with van der Waals surface area (Å²) in [6.07, 6.45) is 7.69. The van der Waals surface area contributed by atoms with E-state index >= 15 is 0 Å². The van der Waals surface area contributed by atoms with Crippen LogP contribution >= 0.6 is 0 Å². The smallest absolute Gasteiger partial charge is 0.164 e. The summed E-state index contributed by atoms with van der Waals surface area (Å²) in [6, 6.07) is 61.0. The van der Waals surface area contributed by atoms with Gasteiger partial charge in [-0.2, -0.15) is 0 Å². The molecule has 7 aromatic carbocycles. The third kappa shape index (κ3) is 5.48. The topological polar surface area (TPSA) is 43.6 Å². The van der Waals surface area contributed by atoms with Gasteiger partial charge < -0.3 is 4.57 Å². The van der Waals surface area contributed by atoms with Crippen molar-refractivity contribution in [3.8, 4) is 51.0 Å². The quantitative estimate of drug-likeness (QED) is 0.170. The number of rotatable bonds is 6. The number of nitrogens with zero attached hydrogens (tertiary/aromatic N) is 4. The predicted octanol–water partition coefficient (Wildman–Crippen LogP) is 13.3. The molecular formula is C54H40N4. The molecule has 9 aromatic rings. The van der Waals surface area contributed by atoms with Crippen molar-refractivity contribution in [2.24, 2.45) is 5.92 Å². The highest BCUT2D eigenvalue weighted by atomic mass is 15.0. The molecule has 0 saturated carbocycles. The molecule has 2 aromatic heterocycles. The maximum atomic E-state index is 5.09. The zero-order chi connectivity index (χ0) is 38.8. The van der Waals surface area contributed by atoms with Crippen molar-refractivity contribution in [3.63, 3.8) is 0 Å². The Bertz CT molecular complexity index is 3080. The molecule has 276 valence electrons. The highest BCUT2D eigenvalue weighted by molar-refractivity contribution is 6.11. The van der Waals surface area contributed by atoms with Gasteiger partial charge in [0.15, 0.2) is 17.5 Å². The van der Waals surface area contributed by atoms with E-state index in [-0.39, 0.29) is 5.41 Å². The molecule has 2 unspecified atom stereocenters. The zero-order valence-corrected chi connectivity index (χ0v) is 32.5. The van der Waals surface area contributed by atoms with Gasteiger partial charge in [0.1, 0.15) is 0 Å². The van der Waals surface area contributed by atoms with Crippen LogP contribution in [0.3, 0.4) is 0 Å². The molecule has 0 amide bonds. The first-order chi connectivity index (χ1) is 28.5. The molecule has 0 saturated heterocycles. The number of benzene rings is 7. The summed E-state index contributed by atoms with van der Waals surface area (Å²) in [5.41, 5.74) is 15.2. The highest BCUT2D eigenvalue weighted by Gasteiger charge is 2.41. The molecule has 4 heteroatoms. The van der Waals surface area contributed by atoms with Crippen LogP contribution in [-0.4, -0.2) is 19.5 Å². The van der Waals surface area contributed by atoms with Gasteiger partial charge in [0.25, 0.3) is 0 Å². The normalized spacial score (nSPS) is 17.0. The van der Waals surface area contributed by atoms with Crippen LogP contribution in [-0.2, 0) is 5.41 Å². The van der Waals surface area contributed by atoms with E-state index in [1.807, 2.05) is 18.2 Å². The summed E-state index contributed by atoms with van der Waals surface area (Å²) in [7, 11) is 0. The van der Waals surface area contributed by atoms with E-state index in [0.717, 1.165) is 28.8 Å². The van der Waals surface area contributed by atoms with Crippen LogP contribution in [0.2, 0.25) is 0 Å². The van der Waals surface area contributed by atoms with E-state index in [1.54, 1.807) is 0 Å². The minimum atomic E-state index is -0.264. The number of aromatic nitrogens is 4. The van der Waals surface area contributed by atoms with Gasteiger partial charge in [-0.1, -0.05) is 153 Å². The average Bonchev–Trinajstić information content (AvgIpc) is 3.75. The van der Waals surface area contributed by atoms with Crippen molar-refractivity contribution in [1.29, 1.82) is 0 Å². The van der Waals surface area contributed by atoms with Crippen LogP contribution in [0.15, 0.2) is 188 Å². The molecule has 0 aliphatic heterocycles. The lowest BCUT2D eigenvalue weighted by molar-refractivity contribution is 0.715. The molecule has 2 heterocycles. The maximum Gasteiger partial charge on any atom is 0.164 e. The van der Waals surface area contributed by atoms with Crippen molar-refractivity contribution >= 4 is 27.4 Å². The van der Waals surface area contributed by atoms with Gasteiger partial charge >= 0.3 is 0 Å². The third-order valence-electron chi connectivity index (χ3n) is 12.3. The number of para-hydroxylation sites is 1. The van der Waals surface area contributed by atoms with Crippen LogP contribution in [0.25, 0.3) is 78.4 Å². The molecule has 0 spiro atoms. The minimum absolute atomic E-state index is 0.264. The predicted molar refractivity (Wildman–Crippen MR) is 239 cm³/mol. The fourth-order valence-electron chi connectivity index (χ4n) is 9.31. The minimum Gasteiger partial charge on any atom is -0.309 e. The molecule has 0 fully saturated rings. The summed E-state index contributed by atoms with van der Waals surface area (Å²) in [5.74, 6) is 2.49. The Morgan fingerprint density at radius 3 is 1.81 bits per heavy atom. The van der Waals surface area contributed by atoms with Crippen molar-refractivity contribution in [2.45, 2.75) is 25.7 Å². The Balaban J connectivity index is 1.03. The van der Waals surface area contributed by atoms with Crippen LogP contribution in [0, 0.1) is 5.92 Å². The Labute approximate surface area is 338 Å². The zero-order valence-electron chi connectivity index (χ0n) is 32.5. The second-order valence-corrected chi connectivity index (χ2v) is 15.9. The van der Waals surface area contributed by atoms with Crippen LogP contribution in [0.5, 0.6) is 0 Å². The van der Waals surface area contributed by atoms with Crippen LogP contribution < -0.4 is 0 Å².